The summed E-state index contributed by atoms with van der Waals surface area (Å²) in [5.41, 5.74) is 2.21. The lowest BCUT2D eigenvalue weighted by Gasteiger charge is -2.21. The van der Waals surface area contributed by atoms with E-state index < -0.39 is 0 Å². The van der Waals surface area contributed by atoms with Crippen molar-refractivity contribution >= 4 is 11.6 Å². The molecule has 1 aliphatic heterocycles. The van der Waals surface area contributed by atoms with Crippen molar-refractivity contribution in [1.29, 1.82) is 0 Å². The summed E-state index contributed by atoms with van der Waals surface area (Å²) in [4.78, 5) is 15.2. The van der Waals surface area contributed by atoms with Gasteiger partial charge in [-0.2, -0.15) is 0 Å². The van der Waals surface area contributed by atoms with Crippen LogP contribution < -0.4 is 15.0 Å². The molecule has 7 nitrogen and oxygen atoms in total. The summed E-state index contributed by atoms with van der Waals surface area (Å²) in [7, 11) is 1.67. The summed E-state index contributed by atoms with van der Waals surface area (Å²) < 4.78 is 11.0. The highest BCUT2D eigenvalue weighted by atomic mass is 16.5. The number of rotatable bonds is 5. The average molecular weight is 378 g/mol. The highest BCUT2D eigenvalue weighted by Gasteiger charge is 2.27. The van der Waals surface area contributed by atoms with Crippen molar-refractivity contribution in [2.45, 2.75) is 19.4 Å². The fraction of sp³-hybridized carbons (Fsp3) is 0.286. The molecule has 0 saturated carbocycles. The van der Waals surface area contributed by atoms with Crippen LogP contribution in [0.4, 0.5) is 5.69 Å². The van der Waals surface area contributed by atoms with Crippen LogP contribution in [0.2, 0.25) is 0 Å². The van der Waals surface area contributed by atoms with Gasteiger partial charge in [0.2, 0.25) is 11.8 Å². The number of ether oxygens (including phenoxy) is 1. The minimum Gasteiger partial charge on any atom is -0.495 e. The first-order chi connectivity index (χ1) is 13.7. The Hall–Kier alpha value is -3.35. The average Bonchev–Trinajstić information content (AvgIpc) is 3.37. The lowest BCUT2D eigenvalue weighted by atomic mass is 10.1. The van der Waals surface area contributed by atoms with Crippen LogP contribution in [-0.4, -0.2) is 42.3 Å². The van der Waals surface area contributed by atoms with Crippen molar-refractivity contribution in [2.24, 2.45) is 0 Å². The van der Waals surface area contributed by atoms with E-state index in [0.29, 0.717) is 22.9 Å². The summed E-state index contributed by atoms with van der Waals surface area (Å²) in [6.45, 7) is 3.31. The van der Waals surface area contributed by atoms with E-state index in [0.717, 1.165) is 30.9 Å². The summed E-state index contributed by atoms with van der Waals surface area (Å²) in [6.07, 6.45) is 0.867. The number of nitrogens with zero attached hydrogens (tertiary/aromatic N) is 3. The van der Waals surface area contributed by atoms with Crippen LogP contribution in [0, 0.1) is 6.92 Å². The summed E-state index contributed by atoms with van der Waals surface area (Å²) in [5.74, 6) is 1.52. The van der Waals surface area contributed by atoms with Gasteiger partial charge in [0.05, 0.1) is 23.9 Å². The molecule has 0 spiro atoms. The van der Waals surface area contributed by atoms with Crippen LogP contribution in [0.3, 0.4) is 0 Å². The van der Waals surface area contributed by atoms with E-state index in [2.05, 4.69) is 20.4 Å². The molecule has 1 atom stereocenters. The summed E-state index contributed by atoms with van der Waals surface area (Å²) in [6, 6.07) is 15.3. The minimum atomic E-state index is -0.140. The predicted octanol–water partition coefficient (Wildman–Crippen LogP) is 3.06. The number of carbonyl (C=O) groups is 1. The van der Waals surface area contributed by atoms with Gasteiger partial charge in [-0.1, -0.05) is 24.3 Å². The molecule has 7 heteroatoms. The number of anilines is 1. The zero-order chi connectivity index (χ0) is 19.5. The maximum absolute atomic E-state index is 12.9. The van der Waals surface area contributed by atoms with E-state index in [4.69, 9.17) is 9.15 Å². The molecule has 1 aromatic heterocycles. The van der Waals surface area contributed by atoms with Crippen molar-refractivity contribution in [3.05, 3.63) is 60.0 Å². The van der Waals surface area contributed by atoms with Crippen molar-refractivity contribution in [1.82, 2.24) is 15.5 Å². The lowest BCUT2D eigenvalue weighted by Crippen LogP contribution is -2.37. The van der Waals surface area contributed by atoms with Crippen LogP contribution in [0.5, 0.6) is 5.75 Å². The molecule has 1 saturated heterocycles. The van der Waals surface area contributed by atoms with Crippen molar-refractivity contribution in [3.63, 3.8) is 0 Å². The molecule has 1 amide bonds. The Kier molecular flexibility index (Phi) is 4.97. The van der Waals surface area contributed by atoms with Crippen LogP contribution in [0.25, 0.3) is 11.5 Å². The first-order valence-electron chi connectivity index (χ1n) is 9.24. The Morgan fingerprint density at radius 1 is 1.18 bits per heavy atom. The van der Waals surface area contributed by atoms with Gasteiger partial charge in [0.1, 0.15) is 5.75 Å². The summed E-state index contributed by atoms with van der Waals surface area (Å²) >= 11 is 0. The molecule has 1 aliphatic rings. The van der Waals surface area contributed by atoms with Gasteiger partial charge >= 0.3 is 0 Å². The monoisotopic (exact) mass is 378 g/mol. The topological polar surface area (TPSA) is 80.5 Å². The van der Waals surface area contributed by atoms with Crippen molar-refractivity contribution in [2.75, 3.05) is 25.1 Å². The quantitative estimate of drug-likeness (QED) is 0.735. The second-order valence-electron chi connectivity index (χ2n) is 6.75. The Morgan fingerprint density at radius 2 is 1.96 bits per heavy atom. The second-order valence-corrected chi connectivity index (χ2v) is 6.75. The Bertz CT molecular complexity index is 985. The normalized spacial score (nSPS) is 16.2. The molecular weight excluding hydrogens is 356 g/mol. The van der Waals surface area contributed by atoms with Gasteiger partial charge in [0.25, 0.3) is 5.91 Å². The summed E-state index contributed by atoms with van der Waals surface area (Å²) in [5, 5.41) is 11.0. The molecular formula is C21H22N4O3. The van der Waals surface area contributed by atoms with E-state index in [1.165, 1.54) is 0 Å². The molecule has 0 bridgehead atoms. The molecule has 28 heavy (non-hydrogen) atoms. The third kappa shape index (κ3) is 3.55. The number of nitrogens with one attached hydrogen (secondary N) is 1. The number of aromatic nitrogens is 2. The highest BCUT2D eigenvalue weighted by Crippen LogP contribution is 2.30. The number of hydrogen-bond acceptors (Lipinski definition) is 6. The van der Waals surface area contributed by atoms with E-state index in [-0.39, 0.29) is 11.9 Å². The second kappa shape index (κ2) is 7.72. The van der Waals surface area contributed by atoms with Crippen LogP contribution >= 0.6 is 0 Å². The Morgan fingerprint density at radius 3 is 2.75 bits per heavy atom. The third-order valence-corrected chi connectivity index (χ3v) is 4.88. The highest BCUT2D eigenvalue weighted by molar-refractivity contribution is 6.00. The van der Waals surface area contributed by atoms with Gasteiger partial charge in [0.15, 0.2) is 0 Å². The van der Waals surface area contributed by atoms with Gasteiger partial charge in [0, 0.05) is 26.1 Å². The number of methoxy groups -OCH3 is 1. The number of amides is 1. The van der Waals surface area contributed by atoms with Crippen molar-refractivity contribution < 1.29 is 13.9 Å². The first-order valence-corrected chi connectivity index (χ1v) is 9.24. The molecule has 3 aromatic rings. The number of para-hydroxylation sites is 2. The molecule has 2 aromatic carbocycles. The van der Waals surface area contributed by atoms with Crippen LogP contribution in [0.1, 0.15) is 22.7 Å². The SMILES string of the molecule is COc1ccccc1N1CCC(NC(=O)c2ccccc2-c2nnc(C)o2)C1. The molecule has 1 unspecified atom stereocenters. The minimum absolute atomic E-state index is 0.0508. The van der Waals surface area contributed by atoms with Gasteiger partial charge in [-0.3, -0.25) is 4.79 Å². The number of aryl methyl sites for hydroxylation is 1. The molecule has 0 aliphatic carbocycles. The van der Waals surface area contributed by atoms with Gasteiger partial charge in [-0.15, -0.1) is 10.2 Å². The molecule has 4 rings (SSSR count). The molecule has 2 heterocycles. The largest absolute Gasteiger partial charge is 0.495 e. The maximum Gasteiger partial charge on any atom is 0.252 e. The fourth-order valence-corrected chi connectivity index (χ4v) is 3.52. The van der Waals surface area contributed by atoms with Crippen LogP contribution in [-0.2, 0) is 0 Å². The van der Waals surface area contributed by atoms with E-state index in [9.17, 15) is 4.79 Å². The van der Waals surface area contributed by atoms with E-state index in [1.54, 1.807) is 20.1 Å². The molecule has 1 N–H and O–H groups in total. The van der Waals surface area contributed by atoms with Gasteiger partial charge in [-0.25, -0.2) is 0 Å². The number of benzene rings is 2. The maximum atomic E-state index is 12.9. The lowest BCUT2D eigenvalue weighted by molar-refractivity contribution is 0.0941. The molecule has 144 valence electrons. The zero-order valence-electron chi connectivity index (χ0n) is 15.9. The number of carbonyl (C=O) groups excluding carboxylic acids is 1. The van der Waals surface area contributed by atoms with E-state index >= 15 is 0 Å². The molecule has 0 radical (unpaired) electrons. The smallest absolute Gasteiger partial charge is 0.252 e. The van der Waals surface area contributed by atoms with Gasteiger partial charge in [-0.05, 0) is 30.7 Å². The number of hydrogen-bond donors (Lipinski definition) is 1. The van der Waals surface area contributed by atoms with Crippen LogP contribution in [0.15, 0.2) is 52.9 Å². The van der Waals surface area contributed by atoms with Crippen molar-refractivity contribution in [3.8, 4) is 17.2 Å². The third-order valence-electron chi connectivity index (χ3n) is 4.88. The zero-order valence-corrected chi connectivity index (χ0v) is 15.9. The Balaban J connectivity index is 1.48. The standard InChI is InChI=1S/C21H22N4O3/c1-14-23-24-21(28-14)17-8-4-3-7-16(17)20(26)22-15-11-12-25(13-15)18-9-5-6-10-19(18)27-2/h3-10,15H,11-13H2,1-2H3,(H,22,26). The fourth-order valence-electron chi connectivity index (χ4n) is 3.52. The van der Waals surface area contributed by atoms with Gasteiger partial charge < -0.3 is 19.4 Å². The van der Waals surface area contributed by atoms with E-state index in [1.807, 2.05) is 42.5 Å². The first kappa shape index (κ1) is 18.0. The molecule has 1 fully saturated rings. The predicted molar refractivity (Wildman–Crippen MR) is 106 cm³/mol. The Labute approximate surface area is 163 Å².